The van der Waals surface area contributed by atoms with Gasteiger partial charge in [-0.1, -0.05) is 12.1 Å². The van der Waals surface area contributed by atoms with Crippen molar-refractivity contribution in [1.29, 1.82) is 0 Å². The summed E-state index contributed by atoms with van der Waals surface area (Å²) in [6.45, 7) is 2.46. The van der Waals surface area contributed by atoms with Gasteiger partial charge in [0.15, 0.2) is 0 Å². The third kappa shape index (κ3) is 3.01. The normalized spacial score (nSPS) is 10.4. The first kappa shape index (κ1) is 12.9. The number of aryl methyl sites for hydroxylation is 1. The van der Waals surface area contributed by atoms with Gasteiger partial charge < -0.3 is 10.4 Å². The number of nitrogens with one attached hydrogen (secondary N) is 1. The fourth-order valence-corrected chi connectivity index (χ4v) is 2.12. The molecule has 0 aliphatic rings. The van der Waals surface area contributed by atoms with E-state index in [1.165, 1.54) is 6.07 Å². The average molecular weight is 310 g/mol. The number of halogens is 2. The molecule has 0 radical (unpaired) electrons. The first-order valence-electron chi connectivity index (χ1n) is 5.53. The van der Waals surface area contributed by atoms with Gasteiger partial charge in [0.05, 0.1) is 0 Å². The van der Waals surface area contributed by atoms with Crippen LogP contribution in [0, 0.1) is 12.7 Å². The van der Waals surface area contributed by atoms with E-state index in [0.29, 0.717) is 12.1 Å². The van der Waals surface area contributed by atoms with Crippen molar-refractivity contribution in [1.82, 2.24) is 0 Å². The fourth-order valence-electron chi connectivity index (χ4n) is 1.72. The lowest BCUT2D eigenvalue weighted by Crippen LogP contribution is -2.01. The summed E-state index contributed by atoms with van der Waals surface area (Å²) in [6, 6.07) is 9.92. The lowest BCUT2D eigenvalue weighted by atomic mass is 10.2. The van der Waals surface area contributed by atoms with Crippen molar-refractivity contribution in [2.45, 2.75) is 13.5 Å². The van der Waals surface area contributed by atoms with E-state index in [0.717, 1.165) is 21.8 Å². The Kier molecular flexibility index (Phi) is 3.87. The number of anilines is 1. The zero-order valence-corrected chi connectivity index (χ0v) is 11.5. The topological polar surface area (TPSA) is 32.3 Å². The number of aromatic hydroxyl groups is 1. The molecule has 0 aliphatic heterocycles. The molecule has 2 aromatic rings. The van der Waals surface area contributed by atoms with E-state index in [4.69, 9.17) is 0 Å². The predicted octanol–water partition coefficient (Wildman–Crippen LogP) is 4.21. The minimum absolute atomic E-state index is 0.0601. The zero-order chi connectivity index (χ0) is 13.1. The van der Waals surface area contributed by atoms with Crippen molar-refractivity contribution in [3.63, 3.8) is 0 Å². The smallest absolute Gasteiger partial charge is 0.127 e. The first-order valence-corrected chi connectivity index (χ1v) is 6.33. The number of phenols is 1. The molecule has 2 nitrogen and oxygen atoms in total. The second-order valence-corrected chi connectivity index (χ2v) is 4.90. The van der Waals surface area contributed by atoms with E-state index in [1.54, 1.807) is 6.07 Å². The Morgan fingerprint density at radius 2 is 2.06 bits per heavy atom. The summed E-state index contributed by atoms with van der Waals surface area (Å²) in [6.07, 6.45) is 0. The SMILES string of the molecule is Cc1cccc(NCc2cc(O)cc(F)c2)c1Br. The summed E-state index contributed by atoms with van der Waals surface area (Å²) in [4.78, 5) is 0. The molecule has 94 valence electrons. The van der Waals surface area contributed by atoms with Crippen molar-refractivity contribution in [3.8, 4) is 5.75 Å². The van der Waals surface area contributed by atoms with Gasteiger partial charge in [0.2, 0.25) is 0 Å². The molecule has 2 N–H and O–H groups in total. The van der Waals surface area contributed by atoms with Crippen LogP contribution in [-0.2, 0) is 6.54 Å². The van der Waals surface area contributed by atoms with E-state index in [-0.39, 0.29) is 5.75 Å². The number of hydrogen-bond donors (Lipinski definition) is 2. The predicted molar refractivity (Wildman–Crippen MR) is 74.3 cm³/mol. The van der Waals surface area contributed by atoms with Crippen molar-refractivity contribution >= 4 is 21.6 Å². The molecule has 0 fully saturated rings. The van der Waals surface area contributed by atoms with Gasteiger partial charge in [-0.2, -0.15) is 0 Å². The third-order valence-electron chi connectivity index (χ3n) is 2.62. The minimum Gasteiger partial charge on any atom is -0.508 e. The highest BCUT2D eigenvalue weighted by molar-refractivity contribution is 9.10. The van der Waals surface area contributed by atoms with E-state index < -0.39 is 5.82 Å². The van der Waals surface area contributed by atoms with Crippen molar-refractivity contribution < 1.29 is 9.50 Å². The van der Waals surface area contributed by atoms with Gasteiger partial charge in [0, 0.05) is 22.8 Å². The van der Waals surface area contributed by atoms with Crippen LogP contribution in [-0.4, -0.2) is 5.11 Å². The summed E-state index contributed by atoms with van der Waals surface area (Å²) in [5.74, 6) is -0.495. The average Bonchev–Trinajstić information content (AvgIpc) is 2.30. The van der Waals surface area contributed by atoms with Crippen LogP contribution in [0.4, 0.5) is 10.1 Å². The highest BCUT2D eigenvalue weighted by Crippen LogP contribution is 2.26. The van der Waals surface area contributed by atoms with Gasteiger partial charge in [-0.15, -0.1) is 0 Å². The summed E-state index contributed by atoms with van der Waals surface area (Å²) < 4.78 is 14.1. The molecule has 0 heterocycles. The Bertz CT molecular complexity index is 551. The van der Waals surface area contributed by atoms with Gasteiger partial charge in [0.1, 0.15) is 11.6 Å². The molecule has 0 unspecified atom stereocenters. The molecule has 0 saturated heterocycles. The van der Waals surface area contributed by atoms with E-state index in [1.807, 2.05) is 25.1 Å². The number of rotatable bonds is 3. The molecule has 4 heteroatoms. The number of phenolic OH excluding ortho intramolecular Hbond substituents is 1. The summed E-state index contributed by atoms with van der Waals surface area (Å²) >= 11 is 3.50. The highest BCUT2D eigenvalue weighted by atomic mass is 79.9. The second-order valence-electron chi connectivity index (χ2n) is 4.11. The van der Waals surface area contributed by atoms with Gasteiger partial charge >= 0.3 is 0 Å². The Morgan fingerprint density at radius 1 is 1.28 bits per heavy atom. The molecular weight excluding hydrogens is 297 g/mol. The second kappa shape index (κ2) is 5.40. The molecular formula is C14H13BrFNO. The van der Waals surface area contributed by atoms with Crippen LogP contribution < -0.4 is 5.32 Å². The monoisotopic (exact) mass is 309 g/mol. The van der Waals surface area contributed by atoms with Gasteiger partial charge in [0.25, 0.3) is 0 Å². The van der Waals surface area contributed by atoms with Crippen molar-refractivity contribution in [2.75, 3.05) is 5.32 Å². The Hall–Kier alpha value is -1.55. The molecule has 0 saturated carbocycles. The van der Waals surface area contributed by atoms with E-state index in [2.05, 4.69) is 21.2 Å². The maximum absolute atomic E-state index is 13.1. The molecule has 0 aromatic heterocycles. The standard InChI is InChI=1S/C14H13BrFNO/c1-9-3-2-4-13(14(9)15)17-8-10-5-11(16)7-12(18)6-10/h2-7,17-18H,8H2,1H3. The summed E-state index contributed by atoms with van der Waals surface area (Å²) in [5, 5.41) is 12.5. The summed E-state index contributed by atoms with van der Waals surface area (Å²) in [7, 11) is 0. The lowest BCUT2D eigenvalue weighted by Gasteiger charge is -2.10. The molecule has 0 spiro atoms. The summed E-state index contributed by atoms with van der Waals surface area (Å²) in [5.41, 5.74) is 2.77. The van der Waals surface area contributed by atoms with Gasteiger partial charge in [-0.05, 0) is 52.2 Å². The Balaban J connectivity index is 2.14. The molecule has 0 atom stereocenters. The van der Waals surface area contributed by atoms with Gasteiger partial charge in [-0.3, -0.25) is 0 Å². The van der Waals surface area contributed by atoms with Crippen LogP contribution in [0.15, 0.2) is 40.9 Å². The highest BCUT2D eigenvalue weighted by Gasteiger charge is 2.03. The lowest BCUT2D eigenvalue weighted by molar-refractivity contribution is 0.468. The Morgan fingerprint density at radius 3 is 2.78 bits per heavy atom. The quantitative estimate of drug-likeness (QED) is 0.890. The van der Waals surface area contributed by atoms with Crippen LogP contribution in [0.1, 0.15) is 11.1 Å². The number of hydrogen-bond acceptors (Lipinski definition) is 2. The molecule has 2 rings (SSSR count). The fraction of sp³-hybridized carbons (Fsp3) is 0.143. The molecule has 18 heavy (non-hydrogen) atoms. The van der Waals surface area contributed by atoms with Crippen molar-refractivity contribution in [2.24, 2.45) is 0 Å². The minimum atomic E-state index is -0.435. The van der Waals surface area contributed by atoms with Crippen LogP contribution >= 0.6 is 15.9 Å². The van der Waals surface area contributed by atoms with E-state index in [9.17, 15) is 9.50 Å². The molecule has 0 aliphatic carbocycles. The maximum atomic E-state index is 13.1. The zero-order valence-electron chi connectivity index (χ0n) is 9.87. The largest absolute Gasteiger partial charge is 0.508 e. The van der Waals surface area contributed by atoms with Crippen LogP contribution in [0.25, 0.3) is 0 Å². The maximum Gasteiger partial charge on any atom is 0.127 e. The first-order chi connectivity index (χ1) is 8.56. The van der Waals surface area contributed by atoms with Crippen molar-refractivity contribution in [3.05, 3.63) is 57.8 Å². The van der Waals surface area contributed by atoms with Crippen LogP contribution in [0.5, 0.6) is 5.75 Å². The van der Waals surface area contributed by atoms with Crippen LogP contribution in [0.2, 0.25) is 0 Å². The van der Waals surface area contributed by atoms with E-state index >= 15 is 0 Å². The molecule has 2 aromatic carbocycles. The van der Waals surface area contributed by atoms with Gasteiger partial charge in [-0.25, -0.2) is 4.39 Å². The molecule has 0 amide bonds. The van der Waals surface area contributed by atoms with Crippen LogP contribution in [0.3, 0.4) is 0 Å². The molecule has 0 bridgehead atoms. The number of benzene rings is 2. The third-order valence-corrected chi connectivity index (χ3v) is 3.67. The Labute approximate surface area is 114 Å².